The molecule has 1 unspecified atom stereocenters. The zero-order valence-corrected chi connectivity index (χ0v) is 11.6. The van der Waals surface area contributed by atoms with Crippen LogP contribution in [0, 0.1) is 17.1 Å². The Kier molecular flexibility index (Phi) is 4.70. The molecule has 1 aliphatic rings. The fourth-order valence-electron chi connectivity index (χ4n) is 2.07. The maximum atomic E-state index is 13.2. The highest BCUT2D eigenvalue weighted by atomic mass is 32.2. The molecule has 1 fully saturated rings. The molecule has 20 heavy (non-hydrogen) atoms. The number of ether oxygens (including phenoxy) is 1. The van der Waals surface area contributed by atoms with Gasteiger partial charge in [0.15, 0.2) is 0 Å². The van der Waals surface area contributed by atoms with Crippen molar-refractivity contribution >= 4 is 10.0 Å². The number of nitrogens with zero attached hydrogens (tertiary/aromatic N) is 1. The molecule has 0 aromatic heterocycles. The predicted octanol–water partition coefficient (Wildman–Crippen LogP) is 1.54. The summed E-state index contributed by atoms with van der Waals surface area (Å²) in [6.45, 7) is 0.979. The van der Waals surface area contributed by atoms with Gasteiger partial charge in [-0.3, -0.25) is 0 Å². The van der Waals surface area contributed by atoms with E-state index in [2.05, 4.69) is 4.72 Å². The van der Waals surface area contributed by atoms with E-state index < -0.39 is 15.8 Å². The molecule has 1 atom stereocenters. The fraction of sp³-hybridized carbons (Fsp3) is 0.462. The van der Waals surface area contributed by atoms with Crippen LogP contribution in [0.5, 0.6) is 0 Å². The van der Waals surface area contributed by atoms with E-state index in [0.29, 0.717) is 6.42 Å². The number of nitrogens with one attached hydrogen (secondary N) is 1. The molecule has 1 heterocycles. The van der Waals surface area contributed by atoms with Crippen LogP contribution < -0.4 is 4.72 Å². The van der Waals surface area contributed by atoms with Crippen molar-refractivity contribution in [3.8, 4) is 6.07 Å². The molecule has 2 rings (SSSR count). The Morgan fingerprint density at radius 1 is 1.50 bits per heavy atom. The third-order valence-electron chi connectivity index (χ3n) is 3.15. The Morgan fingerprint density at radius 2 is 2.30 bits per heavy atom. The molecule has 7 heteroatoms. The summed E-state index contributed by atoms with van der Waals surface area (Å²) in [5.74, 6) is -0.731. The molecule has 1 saturated heterocycles. The lowest BCUT2D eigenvalue weighted by molar-refractivity contribution is 0.105. The van der Waals surface area contributed by atoms with Gasteiger partial charge in [0.1, 0.15) is 11.9 Å². The van der Waals surface area contributed by atoms with Gasteiger partial charge in [0, 0.05) is 13.2 Å². The van der Waals surface area contributed by atoms with Crippen LogP contribution in [0.25, 0.3) is 0 Å². The van der Waals surface area contributed by atoms with E-state index in [1.54, 1.807) is 6.07 Å². The first-order valence-electron chi connectivity index (χ1n) is 6.34. The predicted molar refractivity (Wildman–Crippen MR) is 69.9 cm³/mol. The third-order valence-corrected chi connectivity index (χ3v) is 4.61. The number of halogens is 1. The zero-order chi connectivity index (χ0) is 14.6. The Morgan fingerprint density at radius 3 is 2.95 bits per heavy atom. The van der Waals surface area contributed by atoms with Gasteiger partial charge in [-0.25, -0.2) is 17.5 Å². The zero-order valence-electron chi connectivity index (χ0n) is 10.8. The summed E-state index contributed by atoms with van der Waals surface area (Å²) in [7, 11) is -3.72. The molecule has 1 aromatic rings. The van der Waals surface area contributed by atoms with Gasteiger partial charge in [-0.1, -0.05) is 0 Å². The van der Waals surface area contributed by atoms with E-state index in [-0.39, 0.29) is 23.1 Å². The Labute approximate surface area is 117 Å². The quantitative estimate of drug-likeness (QED) is 0.894. The number of hydrogen-bond donors (Lipinski definition) is 1. The van der Waals surface area contributed by atoms with Crippen LogP contribution >= 0.6 is 0 Å². The SMILES string of the molecule is N#Cc1cc(S(=O)(=O)NCCC2CCCO2)ccc1F. The van der Waals surface area contributed by atoms with E-state index in [1.165, 1.54) is 0 Å². The molecule has 0 saturated carbocycles. The van der Waals surface area contributed by atoms with Gasteiger partial charge in [-0.05, 0) is 37.5 Å². The van der Waals surface area contributed by atoms with Gasteiger partial charge in [0.2, 0.25) is 10.0 Å². The molecule has 0 radical (unpaired) electrons. The van der Waals surface area contributed by atoms with Crippen LogP contribution in [-0.4, -0.2) is 27.7 Å². The highest BCUT2D eigenvalue weighted by Crippen LogP contribution is 2.16. The van der Waals surface area contributed by atoms with Crippen LogP contribution in [0.1, 0.15) is 24.8 Å². The van der Waals surface area contributed by atoms with Crippen molar-refractivity contribution < 1.29 is 17.5 Å². The molecule has 1 aromatic carbocycles. The average molecular weight is 298 g/mol. The second-order valence-electron chi connectivity index (χ2n) is 4.57. The third kappa shape index (κ3) is 3.54. The first-order chi connectivity index (χ1) is 9.53. The maximum absolute atomic E-state index is 13.2. The van der Waals surface area contributed by atoms with Crippen molar-refractivity contribution in [3.05, 3.63) is 29.6 Å². The minimum absolute atomic E-state index is 0.0978. The average Bonchev–Trinajstić information content (AvgIpc) is 2.92. The molecule has 0 aliphatic carbocycles. The highest BCUT2D eigenvalue weighted by Gasteiger charge is 2.19. The molecular formula is C13H15FN2O3S. The van der Waals surface area contributed by atoms with Crippen LogP contribution in [0.15, 0.2) is 23.1 Å². The lowest BCUT2D eigenvalue weighted by atomic mass is 10.2. The van der Waals surface area contributed by atoms with Crippen molar-refractivity contribution in [1.82, 2.24) is 4.72 Å². The van der Waals surface area contributed by atoms with Gasteiger partial charge in [-0.2, -0.15) is 5.26 Å². The van der Waals surface area contributed by atoms with E-state index in [9.17, 15) is 12.8 Å². The number of hydrogen-bond acceptors (Lipinski definition) is 4. The summed E-state index contributed by atoms with van der Waals surface area (Å²) >= 11 is 0. The number of benzene rings is 1. The van der Waals surface area contributed by atoms with Gasteiger partial charge in [0.25, 0.3) is 0 Å². The smallest absolute Gasteiger partial charge is 0.240 e. The summed E-state index contributed by atoms with van der Waals surface area (Å²) < 4.78 is 45.0. The van der Waals surface area contributed by atoms with Crippen LogP contribution in [0.2, 0.25) is 0 Å². The molecule has 0 bridgehead atoms. The second kappa shape index (κ2) is 6.31. The number of sulfonamides is 1. The number of rotatable bonds is 5. The van der Waals surface area contributed by atoms with E-state index in [0.717, 1.165) is 37.6 Å². The second-order valence-corrected chi connectivity index (χ2v) is 6.34. The van der Waals surface area contributed by atoms with Gasteiger partial charge < -0.3 is 4.74 Å². The minimum Gasteiger partial charge on any atom is -0.378 e. The Hall–Kier alpha value is -1.49. The minimum atomic E-state index is -3.72. The van der Waals surface area contributed by atoms with Crippen molar-refractivity contribution in [3.63, 3.8) is 0 Å². The largest absolute Gasteiger partial charge is 0.378 e. The molecular weight excluding hydrogens is 283 g/mol. The standard InChI is InChI=1S/C13H15FN2O3S/c14-13-4-3-12(8-10(13)9-15)20(17,18)16-6-5-11-2-1-7-19-11/h3-4,8,11,16H,1-2,5-7H2. The molecule has 108 valence electrons. The van der Waals surface area contributed by atoms with Crippen LogP contribution in [0.4, 0.5) is 4.39 Å². The van der Waals surface area contributed by atoms with Gasteiger partial charge >= 0.3 is 0 Å². The normalized spacial score (nSPS) is 18.9. The monoisotopic (exact) mass is 298 g/mol. The van der Waals surface area contributed by atoms with Crippen molar-refractivity contribution in [1.29, 1.82) is 5.26 Å². The summed E-state index contributed by atoms with van der Waals surface area (Å²) in [5, 5.41) is 8.71. The van der Waals surface area contributed by atoms with Crippen LogP contribution in [-0.2, 0) is 14.8 Å². The van der Waals surface area contributed by atoms with E-state index in [4.69, 9.17) is 10.00 Å². The van der Waals surface area contributed by atoms with Crippen LogP contribution in [0.3, 0.4) is 0 Å². The molecule has 0 spiro atoms. The van der Waals surface area contributed by atoms with Gasteiger partial charge in [0.05, 0.1) is 16.6 Å². The summed E-state index contributed by atoms with van der Waals surface area (Å²) in [5.41, 5.74) is -0.285. The van der Waals surface area contributed by atoms with Crippen molar-refractivity contribution in [2.75, 3.05) is 13.2 Å². The summed E-state index contributed by atoms with van der Waals surface area (Å²) in [6.07, 6.45) is 2.64. The summed E-state index contributed by atoms with van der Waals surface area (Å²) in [4.78, 5) is -0.109. The Bertz CT molecular complexity index is 619. The van der Waals surface area contributed by atoms with E-state index in [1.807, 2.05) is 0 Å². The van der Waals surface area contributed by atoms with E-state index >= 15 is 0 Å². The lowest BCUT2D eigenvalue weighted by Crippen LogP contribution is -2.27. The van der Waals surface area contributed by atoms with Gasteiger partial charge in [-0.15, -0.1) is 0 Å². The molecule has 5 nitrogen and oxygen atoms in total. The number of nitriles is 1. The van der Waals surface area contributed by atoms with Crippen molar-refractivity contribution in [2.45, 2.75) is 30.3 Å². The highest BCUT2D eigenvalue weighted by molar-refractivity contribution is 7.89. The molecule has 1 N–H and O–H groups in total. The first-order valence-corrected chi connectivity index (χ1v) is 7.82. The molecule has 0 amide bonds. The molecule has 1 aliphatic heterocycles. The fourth-order valence-corrected chi connectivity index (χ4v) is 3.14. The van der Waals surface area contributed by atoms with Crippen molar-refractivity contribution in [2.24, 2.45) is 0 Å². The first kappa shape index (κ1) is 14.9. The topological polar surface area (TPSA) is 79.2 Å². The lowest BCUT2D eigenvalue weighted by Gasteiger charge is -2.10. The summed E-state index contributed by atoms with van der Waals surface area (Å²) in [6, 6.07) is 4.78. The Balaban J connectivity index is 2.00. The maximum Gasteiger partial charge on any atom is 0.240 e.